The number of likely N-dealkylation sites (tertiary alicyclic amines) is 1. The Bertz CT molecular complexity index is 370. The molecule has 3 heteroatoms. The maximum atomic E-state index is 4.47. The predicted octanol–water partition coefficient (Wildman–Crippen LogP) is 3.45. The van der Waals surface area contributed by atoms with Gasteiger partial charge in [0.25, 0.3) is 0 Å². The van der Waals surface area contributed by atoms with Crippen LogP contribution in [0.5, 0.6) is 0 Å². The molecule has 1 aliphatic rings. The van der Waals surface area contributed by atoms with Crippen LogP contribution in [0.2, 0.25) is 0 Å². The van der Waals surface area contributed by atoms with Gasteiger partial charge in [0.05, 0.1) is 6.20 Å². The third-order valence-corrected chi connectivity index (χ3v) is 4.06. The summed E-state index contributed by atoms with van der Waals surface area (Å²) in [5.41, 5.74) is 1.55. The Morgan fingerprint density at radius 2 is 1.74 bits per heavy atom. The molecule has 19 heavy (non-hydrogen) atoms. The molecular formula is C16H29N3. The Balaban J connectivity index is 1.66. The summed E-state index contributed by atoms with van der Waals surface area (Å²) in [6.45, 7) is 11.7. The van der Waals surface area contributed by atoms with Gasteiger partial charge in [0.15, 0.2) is 0 Å². The van der Waals surface area contributed by atoms with Crippen LogP contribution >= 0.6 is 0 Å². The molecule has 1 fully saturated rings. The molecule has 108 valence electrons. The highest BCUT2D eigenvalue weighted by Crippen LogP contribution is 2.21. The molecule has 2 heterocycles. The van der Waals surface area contributed by atoms with Gasteiger partial charge in [-0.2, -0.15) is 5.10 Å². The molecule has 0 atom stereocenters. The Labute approximate surface area is 118 Å². The first kappa shape index (κ1) is 14.6. The molecule has 1 aromatic heterocycles. The zero-order valence-electron chi connectivity index (χ0n) is 12.9. The molecule has 1 saturated heterocycles. The van der Waals surface area contributed by atoms with Crippen molar-refractivity contribution < 1.29 is 0 Å². The van der Waals surface area contributed by atoms with Gasteiger partial charge in [-0.15, -0.1) is 0 Å². The van der Waals surface area contributed by atoms with E-state index in [2.05, 4.69) is 41.6 Å². The van der Waals surface area contributed by atoms with E-state index in [1.54, 1.807) is 0 Å². The summed E-state index contributed by atoms with van der Waals surface area (Å²) in [4.78, 5) is 2.62. The monoisotopic (exact) mass is 263 g/mol. The van der Waals surface area contributed by atoms with E-state index in [9.17, 15) is 0 Å². The van der Waals surface area contributed by atoms with Crippen molar-refractivity contribution in [3.05, 3.63) is 18.0 Å². The number of rotatable bonds is 5. The van der Waals surface area contributed by atoms with Crippen LogP contribution in [0.15, 0.2) is 12.4 Å². The first-order valence-electron chi connectivity index (χ1n) is 7.81. The topological polar surface area (TPSA) is 21.1 Å². The first-order valence-corrected chi connectivity index (χ1v) is 7.81. The minimum Gasteiger partial charge on any atom is -0.303 e. The Morgan fingerprint density at radius 1 is 1.05 bits per heavy atom. The molecular weight excluding hydrogens is 234 g/mol. The zero-order chi connectivity index (χ0) is 13.7. The van der Waals surface area contributed by atoms with Crippen LogP contribution in [0.25, 0.3) is 0 Å². The van der Waals surface area contributed by atoms with Crippen molar-refractivity contribution >= 4 is 0 Å². The van der Waals surface area contributed by atoms with Gasteiger partial charge >= 0.3 is 0 Å². The number of nitrogens with zero attached hydrogens (tertiary/aromatic N) is 3. The summed E-state index contributed by atoms with van der Waals surface area (Å²) in [6, 6.07) is 0. The van der Waals surface area contributed by atoms with E-state index in [4.69, 9.17) is 0 Å². The lowest BCUT2D eigenvalue weighted by Gasteiger charge is -2.26. The second-order valence-electron chi connectivity index (χ2n) is 6.85. The zero-order valence-corrected chi connectivity index (χ0v) is 12.9. The minimum atomic E-state index is 0.214. The number of hydrogen-bond acceptors (Lipinski definition) is 2. The Morgan fingerprint density at radius 3 is 2.37 bits per heavy atom. The molecule has 0 bridgehead atoms. The third kappa shape index (κ3) is 4.64. The van der Waals surface area contributed by atoms with Crippen LogP contribution in [0, 0.1) is 0 Å². The van der Waals surface area contributed by atoms with Crippen molar-refractivity contribution in [2.75, 3.05) is 19.6 Å². The maximum absolute atomic E-state index is 4.47. The van der Waals surface area contributed by atoms with Crippen LogP contribution < -0.4 is 0 Å². The van der Waals surface area contributed by atoms with Gasteiger partial charge in [0, 0.05) is 12.7 Å². The molecule has 0 aromatic carbocycles. The van der Waals surface area contributed by atoms with Crippen LogP contribution in [0.4, 0.5) is 0 Å². The molecule has 0 N–H and O–H groups in total. The molecule has 0 aliphatic carbocycles. The minimum absolute atomic E-state index is 0.214. The van der Waals surface area contributed by atoms with E-state index >= 15 is 0 Å². The second-order valence-corrected chi connectivity index (χ2v) is 6.85. The van der Waals surface area contributed by atoms with Crippen LogP contribution in [-0.4, -0.2) is 34.3 Å². The molecule has 0 unspecified atom stereocenters. The molecule has 1 aliphatic heterocycles. The molecule has 0 saturated carbocycles. The summed E-state index contributed by atoms with van der Waals surface area (Å²) in [7, 11) is 0. The summed E-state index contributed by atoms with van der Waals surface area (Å²) in [5.74, 6) is 0. The number of unbranched alkanes of at least 4 members (excludes halogenated alkanes) is 1. The quantitative estimate of drug-likeness (QED) is 0.759. The summed E-state index contributed by atoms with van der Waals surface area (Å²) in [6.07, 6.45) is 11.0. The van der Waals surface area contributed by atoms with E-state index in [0.717, 1.165) is 6.54 Å². The van der Waals surface area contributed by atoms with E-state index in [1.807, 2.05) is 6.20 Å². The van der Waals surface area contributed by atoms with Gasteiger partial charge in [-0.25, -0.2) is 0 Å². The molecule has 3 nitrogen and oxygen atoms in total. The van der Waals surface area contributed by atoms with Gasteiger partial charge in [0.2, 0.25) is 0 Å². The van der Waals surface area contributed by atoms with Crippen molar-refractivity contribution in [1.82, 2.24) is 14.7 Å². The van der Waals surface area contributed by atoms with Gasteiger partial charge in [-0.3, -0.25) is 4.68 Å². The number of hydrogen-bond donors (Lipinski definition) is 0. The number of piperidine rings is 1. The van der Waals surface area contributed by atoms with E-state index in [-0.39, 0.29) is 5.41 Å². The van der Waals surface area contributed by atoms with Crippen LogP contribution in [0.3, 0.4) is 0 Å². The lowest BCUT2D eigenvalue weighted by molar-refractivity contribution is 0.223. The normalized spacial score (nSPS) is 17.8. The van der Waals surface area contributed by atoms with Crippen molar-refractivity contribution in [3.8, 4) is 0 Å². The van der Waals surface area contributed by atoms with Crippen molar-refractivity contribution in [3.63, 3.8) is 0 Å². The molecule has 0 amide bonds. The average Bonchev–Trinajstić information content (AvgIpc) is 2.85. The van der Waals surface area contributed by atoms with E-state index < -0.39 is 0 Å². The van der Waals surface area contributed by atoms with Gasteiger partial charge < -0.3 is 4.90 Å². The van der Waals surface area contributed by atoms with Gasteiger partial charge in [-0.05, 0) is 56.3 Å². The number of aromatic nitrogens is 2. The molecule has 0 spiro atoms. The fourth-order valence-electron chi connectivity index (χ4n) is 2.67. The maximum Gasteiger partial charge on any atom is 0.0527 e. The fourth-order valence-corrected chi connectivity index (χ4v) is 2.67. The molecule has 1 aromatic rings. The van der Waals surface area contributed by atoms with Crippen molar-refractivity contribution in [2.24, 2.45) is 0 Å². The Kier molecular flexibility index (Phi) is 5.03. The summed E-state index contributed by atoms with van der Waals surface area (Å²) in [5, 5.41) is 4.47. The third-order valence-electron chi connectivity index (χ3n) is 4.06. The van der Waals surface area contributed by atoms with Crippen LogP contribution in [-0.2, 0) is 12.0 Å². The summed E-state index contributed by atoms with van der Waals surface area (Å²) < 4.78 is 2.11. The molecule has 0 radical (unpaired) electrons. The average molecular weight is 263 g/mol. The summed E-state index contributed by atoms with van der Waals surface area (Å²) >= 11 is 0. The van der Waals surface area contributed by atoms with E-state index in [0.29, 0.717) is 0 Å². The lowest BCUT2D eigenvalue weighted by Crippen LogP contribution is -2.30. The molecule has 2 rings (SSSR count). The highest BCUT2D eigenvalue weighted by atomic mass is 15.3. The Hall–Kier alpha value is -0.830. The largest absolute Gasteiger partial charge is 0.303 e. The lowest BCUT2D eigenvalue weighted by atomic mass is 9.90. The van der Waals surface area contributed by atoms with Gasteiger partial charge in [-0.1, -0.05) is 27.2 Å². The van der Waals surface area contributed by atoms with Gasteiger partial charge in [0.1, 0.15) is 0 Å². The SMILES string of the molecule is CC(C)(C)c1cnn(CCCCN2CCCCC2)c1. The van der Waals surface area contributed by atoms with E-state index in [1.165, 1.54) is 57.3 Å². The predicted molar refractivity (Wildman–Crippen MR) is 80.5 cm³/mol. The standard InChI is InChI=1S/C16H29N3/c1-16(2,3)15-13-17-19(14-15)12-8-7-11-18-9-5-4-6-10-18/h13-14H,4-12H2,1-3H3. The smallest absolute Gasteiger partial charge is 0.0527 e. The highest BCUT2D eigenvalue weighted by molar-refractivity contribution is 5.14. The van der Waals surface area contributed by atoms with Crippen LogP contribution in [0.1, 0.15) is 58.4 Å². The first-order chi connectivity index (χ1) is 9.05. The fraction of sp³-hybridized carbons (Fsp3) is 0.812. The number of aryl methyl sites for hydroxylation is 1. The van der Waals surface area contributed by atoms with Crippen molar-refractivity contribution in [2.45, 2.75) is 64.8 Å². The highest BCUT2D eigenvalue weighted by Gasteiger charge is 2.15. The second kappa shape index (κ2) is 6.56. The van der Waals surface area contributed by atoms with Crippen molar-refractivity contribution in [1.29, 1.82) is 0 Å².